The maximum absolute atomic E-state index is 11.3. The van der Waals surface area contributed by atoms with E-state index in [9.17, 15) is 4.79 Å². The summed E-state index contributed by atoms with van der Waals surface area (Å²) in [7, 11) is 0. The van der Waals surface area contributed by atoms with Gasteiger partial charge in [0, 0.05) is 5.56 Å². The van der Waals surface area contributed by atoms with Crippen molar-refractivity contribution in [3.05, 3.63) is 34.3 Å². The highest BCUT2D eigenvalue weighted by atomic mass is 35.5. The molecule has 13 heavy (non-hydrogen) atoms. The number of hydrogen-bond donors (Lipinski definition) is 0. The van der Waals surface area contributed by atoms with Crippen LogP contribution in [0.1, 0.15) is 22.3 Å². The molecular weight excluding hydrogens is 184 g/mol. The normalized spacial score (nSPS) is 9.31. The molecule has 1 rings (SSSR count). The Morgan fingerprint density at radius 1 is 1.62 bits per heavy atom. The first-order valence-electron chi connectivity index (χ1n) is 3.88. The van der Waals surface area contributed by atoms with Crippen LogP contribution < -0.4 is 0 Å². The molecule has 0 radical (unpaired) electrons. The Morgan fingerprint density at radius 3 is 2.85 bits per heavy atom. The number of carbonyl (C=O) groups excluding carboxylic acids is 1. The number of rotatable bonds is 2. The van der Waals surface area contributed by atoms with Crippen LogP contribution in [0.25, 0.3) is 0 Å². The quantitative estimate of drug-likeness (QED) is 0.520. The molecule has 0 amide bonds. The van der Waals surface area contributed by atoms with E-state index in [2.05, 4.69) is 5.92 Å². The second-order valence-electron chi connectivity index (χ2n) is 2.79. The van der Waals surface area contributed by atoms with Gasteiger partial charge in [-0.2, -0.15) is 0 Å². The van der Waals surface area contributed by atoms with Crippen molar-refractivity contribution in [1.82, 2.24) is 0 Å². The highest BCUT2D eigenvalue weighted by molar-refractivity contribution is 6.34. The van der Waals surface area contributed by atoms with Crippen molar-refractivity contribution in [3.8, 4) is 12.3 Å². The van der Waals surface area contributed by atoms with Crippen LogP contribution in [-0.4, -0.2) is 5.78 Å². The molecule has 1 nitrogen and oxygen atoms in total. The van der Waals surface area contributed by atoms with E-state index in [-0.39, 0.29) is 12.2 Å². The standard InChI is InChI=1S/C11H9ClO/c1-3-4-11(13)9-6-5-8(2)7-10(9)12/h1,5-7H,4H2,2H3. The lowest BCUT2D eigenvalue weighted by molar-refractivity contribution is 0.0998. The van der Waals surface area contributed by atoms with Gasteiger partial charge in [0.25, 0.3) is 0 Å². The minimum absolute atomic E-state index is 0.1000. The summed E-state index contributed by atoms with van der Waals surface area (Å²) in [5, 5.41) is 0.472. The minimum Gasteiger partial charge on any atom is -0.293 e. The number of Topliss-reactive ketones (excluding diaryl/α,β-unsaturated/α-hetero) is 1. The van der Waals surface area contributed by atoms with Gasteiger partial charge in [-0.15, -0.1) is 6.42 Å². The van der Waals surface area contributed by atoms with Gasteiger partial charge in [-0.3, -0.25) is 4.79 Å². The number of carbonyl (C=O) groups is 1. The van der Waals surface area contributed by atoms with Gasteiger partial charge in [0.15, 0.2) is 5.78 Å². The SMILES string of the molecule is C#CCC(=O)c1ccc(C)cc1Cl. The minimum atomic E-state index is -0.104. The van der Waals surface area contributed by atoms with Gasteiger partial charge in [-0.1, -0.05) is 23.6 Å². The Kier molecular flexibility index (Phi) is 3.11. The Balaban J connectivity index is 3.03. The van der Waals surface area contributed by atoms with Gasteiger partial charge < -0.3 is 0 Å². The molecule has 66 valence electrons. The zero-order chi connectivity index (χ0) is 9.84. The van der Waals surface area contributed by atoms with E-state index in [0.29, 0.717) is 10.6 Å². The summed E-state index contributed by atoms with van der Waals surface area (Å²) in [6.45, 7) is 1.92. The van der Waals surface area contributed by atoms with Crippen LogP contribution in [-0.2, 0) is 0 Å². The molecule has 0 unspecified atom stereocenters. The fourth-order valence-electron chi connectivity index (χ4n) is 1.03. The lowest BCUT2D eigenvalue weighted by Gasteiger charge is -2.01. The highest BCUT2D eigenvalue weighted by Crippen LogP contribution is 2.18. The zero-order valence-corrected chi connectivity index (χ0v) is 8.06. The summed E-state index contributed by atoms with van der Waals surface area (Å²) in [4.78, 5) is 11.3. The smallest absolute Gasteiger partial charge is 0.176 e. The van der Waals surface area contributed by atoms with Crippen molar-refractivity contribution >= 4 is 17.4 Å². The van der Waals surface area contributed by atoms with Gasteiger partial charge in [0.05, 0.1) is 11.4 Å². The van der Waals surface area contributed by atoms with E-state index in [4.69, 9.17) is 18.0 Å². The maximum atomic E-state index is 11.3. The van der Waals surface area contributed by atoms with Gasteiger partial charge in [-0.05, 0) is 24.6 Å². The van der Waals surface area contributed by atoms with Crippen LogP contribution in [0.2, 0.25) is 5.02 Å². The van der Waals surface area contributed by atoms with E-state index in [1.54, 1.807) is 12.1 Å². The van der Waals surface area contributed by atoms with Crippen molar-refractivity contribution in [3.63, 3.8) is 0 Å². The van der Waals surface area contributed by atoms with Crippen molar-refractivity contribution < 1.29 is 4.79 Å². The second-order valence-corrected chi connectivity index (χ2v) is 3.19. The predicted octanol–water partition coefficient (Wildman–Crippen LogP) is 2.85. The summed E-state index contributed by atoms with van der Waals surface area (Å²) in [5.74, 6) is 2.20. The average Bonchev–Trinajstić information content (AvgIpc) is 2.04. The summed E-state index contributed by atoms with van der Waals surface area (Å²) in [6.07, 6.45) is 5.13. The molecule has 0 aromatic heterocycles. The van der Waals surface area contributed by atoms with Crippen LogP contribution >= 0.6 is 11.6 Å². The topological polar surface area (TPSA) is 17.1 Å². The lowest BCUT2D eigenvalue weighted by Crippen LogP contribution is -1.98. The molecular formula is C11H9ClO. The molecule has 0 atom stereocenters. The third-order valence-electron chi connectivity index (χ3n) is 1.69. The van der Waals surface area contributed by atoms with Crippen molar-refractivity contribution in [1.29, 1.82) is 0 Å². The number of ketones is 1. The summed E-state index contributed by atoms with van der Waals surface area (Å²) in [5.41, 5.74) is 1.53. The monoisotopic (exact) mass is 192 g/mol. The first-order chi connectivity index (χ1) is 6.15. The predicted molar refractivity (Wildman–Crippen MR) is 54.0 cm³/mol. The average molecular weight is 193 g/mol. The first kappa shape index (κ1) is 9.83. The number of halogens is 1. The summed E-state index contributed by atoms with van der Waals surface area (Å²) in [6, 6.07) is 5.30. The molecule has 0 fully saturated rings. The molecule has 1 aromatic rings. The fourth-order valence-corrected chi connectivity index (χ4v) is 1.37. The van der Waals surface area contributed by atoms with Gasteiger partial charge in [-0.25, -0.2) is 0 Å². The molecule has 0 heterocycles. The first-order valence-corrected chi connectivity index (χ1v) is 4.25. The Bertz CT molecular complexity index is 374. The molecule has 0 N–H and O–H groups in total. The Morgan fingerprint density at radius 2 is 2.31 bits per heavy atom. The Hall–Kier alpha value is -1.26. The van der Waals surface area contributed by atoms with Crippen LogP contribution in [0.4, 0.5) is 0 Å². The summed E-state index contributed by atoms with van der Waals surface area (Å²) < 4.78 is 0. The molecule has 0 saturated carbocycles. The van der Waals surface area contributed by atoms with E-state index in [0.717, 1.165) is 5.56 Å². The van der Waals surface area contributed by atoms with E-state index in [1.807, 2.05) is 13.0 Å². The molecule has 0 aliphatic carbocycles. The number of terminal acetylenes is 1. The van der Waals surface area contributed by atoms with E-state index < -0.39 is 0 Å². The van der Waals surface area contributed by atoms with Crippen LogP contribution in [0.5, 0.6) is 0 Å². The van der Waals surface area contributed by atoms with Crippen LogP contribution in [0, 0.1) is 19.3 Å². The zero-order valence-electron chi connectivity index (χ0n) is 7.30. The number of hydrogen-bond acceptors (Lipinski definition) is 1. The third kappa shape index (κ3) is 2.34. The molecule has 1 aromatic carbocycles. The fraction of sp³-hybridized carbons (Fsp3) is 0.182. The van der Waals surface area contributed by atoms with Crippen molar-refractivity contribution in [2.75, 3.05) is 0 Å². The van der Waals surface area contributed by atoms with E-state index in [1.165, 1.54) is 0 Å². The lowest BCUT2D eigenvalue weighted by atomic mass is 10.1. The largest absolute Gasteiger partial charge is 0.293 e. The maximum Gasteiger partial charge on any atom is 0.176 e. The van der Waals surface area contributed by atoms with Gasteiger partial charge in [0.1, 0.15) is 0 Å². The number of benzene rings is 1. The highest BCUT2D eigenvalue weighted by Gasteiger charge is 2.08. The van der Waals surface area contributed by atoms with Gasteiger partial charge >= 0.3 is 0 Å². The van der Waals surface area contributed by atoms with Crippen molar-refractivity contribution in [2.24, 2.45) is 0 Å². The molecule has 0 saturated heterocycles. The molecule has 0 aliphatic rings. The molecule has 0 spiro atoms. The Labute approximate surface area is 82.7 Å². The summed E-state index contributed by atoms with van der Waals surface area (Å²) >= 11 is 5.87. The van der Waals surface area contributed by atoms with Crippen molar-refractivity contribution in [2.45, 2.75) is 13.3 Å². The molecule has 2 heteroatoms. The van der Waals surface area contributed by atoms with E-state index >= 15 is 0 Å². The van der Waals surface area contributed by atoms with Crippen LogP contribution in [0.15, 0.2) is 18.2 Å². The molecule has 0 bridgehead atoms. The third-order valence-corrected chi connectivity index (χ3v) is 2.00. The second kappa shape index (κ2) is 4.11. The number of aryl methyl sites for hydroxylation is 1. The van der Waals surface area contributed by atoms with Gasteiger partial charge in [0.2, 0.25) is 0 Å². The van der Waals surface area contributed by atoms with Crippen LogP contribution in [0.3, 0.4) is 0 Å². The molecule has 0 aliphatic heterocycles.